The maximum atomic E-state index is 13.0. The highest BCUT2D eigenvalue weighted by Gasteiger charge is 2.10. The Morgan fingerprint density at radius 1 is 1.35 bits per heavy atom. The molecule has 0 aliphatic carbocycles. The Hall–Kier alpha value is -1.00. The van der Waals surface area contributed by atoms with Crippen molar-refractivity contribution >= 4 is 33.0 Å². The van der Waals surface area contributed by atoms with E-state index < -0.39 is 0 Å². The standard InChI is InChI=1S/C13H10BrFOS/c1-2-11(16)13-6-5-12(17-13)9-4-3-8(15)7-10(9)14/h3-7H,2H2,1H3. The summed E-state index contributed by atoms with van der Waals surface area (Å²) in [6, 6.07) is 8.27. The van der Waals surface area contributed by atoms with Crippen molar-refractivity contribution in [3.63, 3.8) is 0 Å². The Morgan fingerprint density at radius 2 is 2.12 bits per heavy atom. The minimum Gasteiger partial charge on any atom is -0.293 e. The number of benzene rings is 1. The van der Waals surface area contributed by atoms with Gasteiger partial charge in [-0.25, -0.2) is 4.39 Å². The average molecular weight is 313 g/mol. The second-order valence-corrected chi connectivity index (χ2v) is 5.50. The van der Waals surface area contributed by atoms with Crippen LogP contribution in [0.3, 0.4) is 0 Å². The van der Waals surface area contributed by atoms with Gasteiger partial charge in [-0.15, -0.1) is 11.3 Å². The second kappa shape index (κ2) is 5.10. The van der Waals surface area contributed by atoms with Gasteiger partial charge in [-0.2, -0.15) is 0 Å². The van der Waals surface area contributed by atoms with Crippen LogP contribution in [0.15, 0.2) is 34.8 Å². The molecule has 0 amide bonds. The smallest absolute Gasteiger partial charge is 0.172 e. The summed E-state index contributed by atoms with van der Waals surface area (Å²) >= 11 is 4.77. The highest BCUT2D eigenvalue weighted by Crippen LogP contribution is 2.34. The molecule has 0 radical (unpaired) electrons. The minimum atomic E-state index is -0.276. The van der Waals surface area contributed by atoms with Crippen LogP contribution in [0.2, 0.25) is 0 Å². The maximum Gasteiger partial charge on any atom is 0.172 e. The lowest BCUT2D eigenvalue weighted by Crippen LogP contribution is -1.90. The topological polar surface area (TPSA) is 17.1 Å². The average Bonchev–Trinajstić information content (AvgIpc) is 2.77. The van der Waals surface area contributed by atoms with E-state index in [1.165, 1.54) is 23.5 Å². The molecule has 2 rings (SSSR count). The molecule has 0 atom stereocenters. The van der Waals surface area contributed by atoms with E-state index in [0.717, 1.165) is 15.3 Å². The number of rotatable bonds is 3. The molecule has 17 heavy (non-hydrogen) atoms. The number of thiophene rings is 1. The first kappa shape index (κ1) is 12.5. The highest BCUT2D eigenvalue weighted by atomic mass is 79.9. The molecule has 4 heteroatoms. The lowest BCUT2D eigenvalue weighted by atomic mass is 10.2. The summed E-state index contributed by atoms with van der Waals surface area (Å²) in [6.45, 7) is 1.84. The lowest BCUT2D eigenvalue weighted by Gasteiger charge is -2.01. The number of ketones is 1. The first-order valence-corrected chi connectivity index (χ1v) is 6.81. The molecule has 2 aromatic rings. The van der Waals surface area contributed by atoms with E-state index in [0.29, 0.717) is 10.9 Å². The Morgan fingerprint density at radius 3 is 2.76 bits per heavy atom. The number of hydrogen-bond acceptors (Lipinski definition) is 2. The van der Waals surface area contributed by atoms with E-state index in [1.54, 1.807) is 6.07 Å². The van der Waals surface area contributed by atoms with Gasteiger partial charge >= 0.3 is 0 Å². The summed E-state index contributed by atoms with van der Waals surface area (Å²) in [4.78, 5) is 13.3. The third-order valence-corrected chi connectivity index (χ3v) is 4.21. The molecule has 0 fully saturated rings. The van der Waals surface area contributed by atoms with Gasteiger partial charge in [0.15, 0.2) is 5.78 Å². The molecule has 0 saturated carbocycles. The number of hydrogen-bond donors (Lipinski definition) is 0. The summed E-state index contributed by atoms with van der Waals surface area (Å²) in [7, 11) is 0. The SMILES string of the molecule is CCC(=O)c1ccc(-c2ccc(F)cc2Br)s1. The van der Waals surface area contributed by atoms with Crippen LogP contribution in [-0.2, 0) is 0 Å². The van der Waals surface area contributed by atoms with Crippen LogP contribution in [0.4, 0.5) is 4.39 Å². The Balaban J connectivity index is 2.40. The zero-order valence-electron chi connectivity index (χ0n) is 9.17. The zero-order valence-corrected chi connectivity index (χ0v) is 11.6. The molecule has 1 aromatic carbocycles. The molecule has 1 aromatic heterocycles. The lowest BCUT2D eigenvalue weighted by molar-refractivity contribution is 0.0992. The van der Waals surface area contributed by atoms with Crippen LogP contribution in [0.1, 0.15) is 23.0 Å². The molecule has 0 saturated heterocycles. The van der Waals surface area contributed by atoms with E-state index >= 15 is 0 Å². The Labute approximate surface area is 111 Å². The van der Waals surface area contributed by atoms with E-state index in [4.69, 9.17) is 0 Å². The summed E-state index contributed by atoms with van der Waals surface area (Å²) in [5.41, 5.74) is 0.909. The summed E-state index contributed by atoms with van der Waals surface area (Å²) < 4.78 is 13.7. The third kappa shape index (κ3) is 2.64. The van der Waals surface area contributed by atoms with Gasteiger partial charge in [0.25, 0.3) is 0 Å². The van der Waals surface area contributed by atoms with Crippen LogP contribution in [0.5, 0.6) is 0 Å². The van der Waals surface area contributed by atoms with Crippen LogP contribution in [0, 0.1) is 5.82 Å². The molecule has 1 heterocycles. The monoisotopic (exact) mass is 312 g/mol. The number of carbonyl (C=O) groups excluding carboxylic acids is 1. The van der Waals surface area contributed by atoms with E-state index in [2.05, 4.69) is 15.9 Å². The van der Waals surface area contributed by atoms with Gasteiger partial charge in [-0.05, 0) is 30.3 Å². The van der Waals surface area contributed by atoms with Crippen molar-refractivity contribution in [3.8, 4) is 10.4 Å². The second-order valence-electron chi connectivity index (χ2n) is 3.56. The van der Waals surface area contributed by atoms with Crippen LogP contribution in [0.25, 0.3) is 10.4 Å². The molecular weight excluding hydrogens is 303 g/mol. The first-order chi connectivity index (χ1) is 8.11. The molecule has 0 aliphatic heterocycles. The van der Waals surface area contributed by atoms with Crippen molar-refractivity contribution in [1.82, 2.24) is 0 Å². The van der Waals surface area contributed by atoms with Gasteiger partial charge in [0.05, 0.1) is 4.88 Å². The normalized spacial score (nSPS) is 10.5. The molecular formula is C13H10BrFOS. The van der Waals surface area contributed by atoms with E-state index in [-0.39, 0.29) is 11.6 Å². The fourth-order valence-corrected chi connectivity index (χ4v) is 3.25. The summed E-state index contributed by atoms with van der Waals surface area (Å²) in [6.07, 6.45) is 0.505. The molecule has 0 aliphatic rings. The molecule has 88 valence electrons. The molecule has 0 unspecified atom stereocenters. The zero-order chi connectivity index (χ0) is 12.4. The first-order valence-electron chi connectivity index (χ1n) is 5.20. The van der Waals surface area contributed by atoms with Gasteiger partial charge in [-0.1, -0.05) is 22.9 Å². The number of carbonyl (C=O) groups is 1. The van der Waals surface area contributed by atoms with Gasteiger partial charge in [0.1, 0.15) is 5.82 Å². The molecule has 0 N–H and O–H groups in total. The molecule has 1 nitrogen and oxygen atoms in total. The van der Waals surface area contributed by atoms with Crippen LogP contribution < -0.4 is 0 Å². The van der Waals surface area contributed by atoms with Crippen LogP contribution >= 0.6 is 27.3 Å². The van der Waals surface area contributed by atoms with Crippen molar-refractivity contribution in [2.24, 2.45) is 0 Å². The Bertz CT molecular complexity index is 562. The Kier molecular flexibility index (Phi) is 3.74. The predicted octanol–water partition coefficient (Wildman–Crippen LogP) is 4.91. The van der Waals surface area contributed by atoms with E-state index in [9.17, 15) is 9.18 Å². The fraction of sp³-hybridized carbons (Fsp3) is 0.154. The van der Waals surface area contributed by atoms with Crippen molar-refractivity contribution in [2.75, 3.05) is 0 Å². The quantitative estimate of drug-likeness (QED) is 0.736. The fourth-order valence-electron chi connectivity index (χ4n) is 1.50. The van der Waals surface area contributed by atoms with Crippen molar-refractivity contribution in [3.05, 3.63) is 45.5 Å². The molecule has 0 spiro atoms. The predicted molar refractivity (Wildman–Crippen MR) is 72.0 cm³/mol. The maximum absolute atomic E-state index is 13.0. The van der Waals surface area contributed by atoms with Crippen molar-refractivity contribution in [1.29, 1.82) is 0 Å². The van der Waals surface area contributed by atoms with Gasteiger partial charge in [0.2, 0.25) is 0 Å². The van der Waals surface area contributed by atoms with Crippen molar-refractivity contribution in [2.45, 2.75) is 13.3 Å². The highest BCUT2D eigenvalue weighted by molar-refractivity contribution is 9.10. The summed E-state index contributed by atoms with van der Waals surface area (Å²) in [5, 5.41) is 0. The largest absolute Gasteiger partial charge is 0.293 e. The van der Waals surface area contributed by atoms with Crippen molar-refractivity contribution < 1.29 is 9.18 Å². The summed E-state index contributed by atoms with van der Waals surface area (Å²) in [5.74, 6) is -0.137. The number of halogens is 2. The van der Waals surface area contributed by atoms with Gasteiger partial charge in [-0.3, -0.25) is 4.79 Å². The molecule has 0 bridgehead atoms. The van der Waals surface area contributed by atoms with Gasteiger partial charge in [0, 0.05) is 21.3 Å². The third-order valence-electron chi connectivity index (χ3n) is 2.40. The number of Topliss-reactive ketones (excluding diaryl/α,β-unsaturated/α-hetero) is 1. The van der Waals surface area contributed by atoms with E-state index in [1.807, 2.05) is 19.1 Å². The van der Waals surface area contributed by atoms with Crippen LogP contribution in [-0.4, -0.2) is 5.78 Å². The van der Waals surface area contributed by atoms with Gasteiger partial charge < -0.3 is 0 Å². The minimum absolute atomic E-state index is 0.138.